The number of nitrogens with one attached hydrogen (secondary N) is 1. The molecule has 138 valence electrons. The molecule has 0 saturated carbocycles. The van der Waals surface area contributed by atoms with Crippen molar-refractivity contribution in [1.82, 2.24) is 15.5 Å². The minimum Gasteiger partial charge on any atom is -0.355 e. The lowest BCUT2D eigenvalue weighted by Gasteiger charge is -2.02. The van der Waals surface area contributed by atoms with Crippen molar-refractivity contribution < 1.29 is 14.5 Å². The largest absolute Gasteiger partial charge is 0.355 e. The molecule has 8 nitrogen and oxygen atoms in total. The molecule has 1 aromatic heterocycles. The number of thioether (sulfide) groups is 1. The maximum absolute atomic E-state index is 11.6. The molecule has 2 rings (SSSR count). The molecule has 0 unspecified atom stereocenters. The number of hydrogen-bond acceptors (Lipinski definition) is 9. The van der Waals surface area contributed by atoms with Gasteiger partial charge in [-0.15, -0.1) is 10.2 Å². The highest BCUT2D eigenvalue weighted by molar-refractivity contribution is 8.03. The summed E-state index contributed by atoms with van der Waals surface area (Å²) in [4.78, 5) is 34.1. The zero-order chi connectivity index (χ0) is 19.1. The van der Waals surface area contributed by atoms with Crippen molar-refractivity contribution in [2.45, 2.75) is 33.8 Å². The van der Waals surface area contributed by atoms with Gasteiger partial charge in [-0.2, -0.15) is 0 Å². The molecule has 2 aromatic rings. The fraction of sp³-hybridized carbons (Fsp3) is 0.333. The van der Waals surface area contributed by atoms with E-state index in [2.05, 4.69) is 15.5 Å². The van der Waals surface area contributed by atoms with Crippen LogP contribution in [0.5, 0.6) is 0 Å². The van der Waals surface area contributed by atoms with E-state index in [9.17, 15) is 19.7 Å². The van der Waals surface area contributed by atoms with Gasteiger partial charge >= 0.3 is 0 Å². The van der Waals surface area contributed by atoms with E-state index in [0.29, 0.717) is 20.1 Å². The molecule has 1 aromatic carbocycles. The van der Waals surface area contributed by atoms with Gasteiger partial charge in [0.2, 0.25) is 5.91 Å². The number of carbonyl (C=O) groups is 2. The normalized spacial score (nSPS) is 10.5. The van der Waals surface area contributed by atoms with Crippen LogP contribution in [0.4, 0.5) is 5.69 Å². The van der Waals surface area contributed by atoms with Crippen molar-refractivity contribution in [1.29, 1.82) is 0 Å². The minimum atomic E-state index is -0.524. The zero-order valence-electron chi connectivity index (χ0n) is 14.1. The summed E-state index contributed by atoms with van der Waals surface area (Å²) in [5.41, 5.74) is 0.138. The summed E-state index contributed by atoms with van der Waals surface area (Å²) in [5, 5.41) is 22.0. The van der Waals surface area contributed by atoms with Gasteiger partial charge in [-0.05, 0) is 25.5 Å². The molecule has 0 fully saturated rings. The summed E-state index contributed by atoms with van der Waals surface area (Å²) in [5.74, 6) is -0.0652. The first kappa shape index (κ1) is 20.3. The van der Waals surface area contributed by atoms with Crippen molar-refractivity contribution >= 4 is 52.2 Å². The number of amides is 1. The Morgan fingerprint density at radius 3 is 2.69 bits per heavy atom. The fourth-order valence-corrected chi connectivity index (χ4v) is 4.69. The molecule has 0 aliphatic rings. The van der Waals surface area contributed by atoms with Gasteiger partial charge in [0.15, 0.2) is 14.5 Å². The van der Waals surface area contributed by atoms with Gasteiger partial charge in [-0.3, -0.25) is 19.7 Å². The smallest absolute Gasteiger partial charge is 0.284 e. The maximum Gasteiger partial charge on any atom is 0.284 e. The highest BCUT2D eigenvalue weighted by Crippen LogP contribution is 2.38. The van der Waals surface area contributed by atoms with Gasteiger partial charge < -0.3 is 5.32 Å². The Labute approximate surface area is 162 Å². The Balaban J connectivity index is 2.05. The zero-order valence-corrected chi connectivity index (χ0v) is 16.5. The van der Waals surface area contributed by atoms with Gasteiger partial charge in [-0.25, -0.2) is 0 Å². The third-order valence-electron chi connectivity index (χ3n) is 3.05. The lowest BCUT2D eigenvalue weighted by Crippen LogP contribution is -2.25. The second-order valence-electron chi connectivity index (χ2n) is 5.07. The molecular weight excluding hydrogens is 396 g/mol. The number of ketones is 1. The van der Waals surface area contributed by atoms with Crippen molar-refractivity contribution in [2.75, 3.05) is 12.3 Å². The van der Waals surface area contributed by atoms with Crippen LogP contribution in [0.1, 0.15) is 30.6 Å². The number of Topliss-reactive ketones (excluding diaryl/α,β-unsaturated/α-hetero) is 1. The summed E-state index contributed by atoms with van der Waals surface area (Å²) in [6.07, 6.45) is 0.872. The van der Waals surface area contributed by atoms with E-state index >= 15 is 0 Å². The Hall–Kier alpha value is -1.98. The lowest BCUT2D eigenvalue weighted by molar-refractivity contribution is -0.387. The van der Waals surface area contributed by atoms with Crippen LogP contribution in [-0.4, -0.2) is 39.1 Å². The number of hydrogen-bond donors (Lipinski definition) is 1. The second kappa shape index (κ2) is 9.64. The topological polar surface area (TPSA) is 115 Å². The highest BCUT2D eigenvalue weighted by Gasteiger charge is 2.19. The fourth-order valence-electron chi connectivity index (χ4n) is 1.80. The lowest BCUT2D eigenvalue weighted by atomic mass is 10.1. The summed E-state index contributed by atoms with van der Waals surface area (Å²) < 4.78 is 1.14. The Bertz CT molecular complexity index is 825. The standard InChI is InChI=1S/C15H16N4O4S3/c1-3-6-16-13(21)8-24-14-17-18-15(26-14)25-12-5-4-10(9(2)20)7-11(12)19(22)23/h4-5,7H,3,6,8H2,1-2H3,(H,16,21). The van der Waals surface area contributed by atoms with E-state index in [0.717, 1.165) is 18.2 Å². The molecule has 26 heavy (non-hydrogen) atoms. The second-order valence-corrected chi connectivity index (χ2v) is 8.56. The number of benzene rings is 1. The molecule has 1 amide bonds. The number of nitrogens with zero attached hydrogens (tertiary/aromatic N) is 3. The van der Waals surface area contributed by atoms with Crippen LogP contribution in [0.3, 0.4) is 0 Å². The molecule has 0 spiro atoms. The summed E-state index contributed by atoms with van der Waals surface area (Å²) in [6.45, 7) is 3.97. The van der Waals surface area contributed by atoms with E-state index in [1.54, 1.807) is 6.07 Å². The van der Waals surface area contributed by atoms with Gasteiger partial charge in [0.1, 0.15) is 0 Å². The third kappa shape index (κ3) is 5.78. The van der Waals surface area contributed by atoms with Gasteiger partial charge in [0.05, 0.1) is 15.6 Å². The SMILES string of the molecule is CCCNC(=O)CSc1nnc(Sc2ccc(C(C)=O)cc2[N+](=O)[O-])s1. The molecule has 0 aliphatic heterocycles. The number of nitro benzene ring substituents is 1. The average Bonchev–Trinajstić information content (AvgIpc) is 3.05. The van der Waals surface area contributed by atoms with Crippen LogP contribution in [0.25, 0.3) is 0 Å². The first-order valence-electron chi connectivity index (χ1n) is 7.61. The predicted molar refractivity (Wildman–Crippen MR) is 101 cm³/mol. The van der Waals surface area contributed by atoms with Gasteiger partial charge in [0.25, 0.3) is 5.69 Å². The molecule has 0 atom stereocenters. The Morgan fingerprint density at radius 1 is 1.31 bits per heavy atom. The molecule has 1 N–H and O–H groups in total. The van der Waals surface area contributed by atoms with Crippen molar-refractivity contribution in [3.8, 4) is 0 Å². The average molecular weight is 413 g/mol. The maximum atomic E-state index is 11.6. The molecule has 11 heteroatoms. The number of aromatic nitrogens is 2. The molecule has 0 saturated heterocycles. The van der Waals surface area contributed by atoms with E-state index in [1.807, 2.05) is 6.92 Å². The van der Waals surface area contributed by atoms with Crippen LogP contribution in [0.2, 0.25) is 0 Å². The quantitative estimate of drug-likeness (QED) is 0.288. The monoisotopic (exact) mass is 412 g/mol. The van der Waals surface area contributed by atoms with Crippen LogP contribution < -0.4 is 5.32 Å². The van der Waals surface area contributed by atoms with E-state index in [1.165, 1.54) is 42.2 Å². The van der Waals surface area contributed by atoms with Crippen molar-refractivity contribution in [3.63, 3.8) is 0 Å². The number of carbonyl (C=O) groups excluding carboxylic acids is 2. The van der Waals surface area contributed by atoms with E-state index in [4.69, 9.17) is 0 Å². The highest BCUT2D eigenvalue weighted by atomic mass is 32.2. The first-order valence-corrected chi connectivity index (χ1v) is 10.2. The number of nitro groups is 1. The van der Waals surface area contributed by atoms with Crippen LogP contribution in [0.15, 0.2) is 31.8 Å². The Kier molecular flexibility index (Phi) is 7.54. The van der Waals surface area contributed by atoms with Crippen molar-refractivity contribution in [3.05, 3.63) is 33.9 Å². The molecular formula is C15H16N4O4S3. The summed E-state index contributed by atoms with van der Waals surface area (Å²) in [6, 6.07) is 4.35. The van der Waals surface area contributed by atoms with Crippen LogP contribution in [-0.2, 0) is 4.79 Å². The molecule has 0 radical (unpaired) electrons. The molecule has 1 heterocycles. The molecule has 0 aliphatic carbocycles. The predicted octanol–water partition coefficient (Wildman–Crippen LogP) is 3.42. The van der Waals surface area contributed by atoms with Gasteiger partial charge in [-0.1, -0.05) is 41.8 Å². The third-order valence-corrected chi connectivity index (χ3v) is 6.22. The minimum absolute atomic E-state index is 0.0725. The number of rotatable bonds is 9. The van der Waals surface area contributed by atoms with E-state index < -0.39 is 4.92 Å². The van der Waals surface area contributed by atoms with E-state index in [-0.39, 0.29) is 28.7 Å². The first-order chi connectivity index (χ1) is 12.4. The summed E-state index contributed by atoms with van der Waals surface area (Å²) in [7, 11) is 0. The molecule has 0 bridgehead atoms. The van der Waals surface area contributed by atoms with Gasteiger partial charge in [0, 0.05) is 18.2 Å². The Morgan fingerprint density at radius 2 is 2.04 bits per heavy atom. The van der Waals surface area contributed by atoms with Crippen LogP contribution >= 0.6 is 34.9 Å². The van der Waals surface area contributed by atoms with Crippen LogP contribution in [0, 0.1) is 10.1 Å². The summed E-state index contributed by atoms with van der Waals surface area (Å²) >= 11 is 3.64. The van der Waals surface area contributed by atoms with Crippen molar-refractivity contribution in [2.24, 2.45) is 0 Å².